The Bertz CT molecular complexity index is 267. The maximum Gasteiger partial charge on any atom is 0.0343 e. The number of anilines is 1. The summed E-state index contributed by atoms with van der Waals surface area (Å²) in [4.78, 5) is 0. The number of hydrogen-bond acceptors (Lipinski definition) is 2. The van der Waals surface area contributed by atoms with Crippen molar-refractivity contribution in [3.05, 3.63) is 29.3 Å². The third-order valence-electron chi connectivity index (χ3n) is 1.89. The minimum absolute atomic E-state index is 0.216. The van der Waals surface area contributed by atoms with Crippen molar-refractivity contribution >= 4 is 5.69 Å². The molecule has 0 amide bonds. The van der Waals surface area contributed by atoms with Gasteiger partial charge in [-0.2, -0.15) is 0 Å². The molecule has 1 rings (SSSR count). The largest absolute Gasteiger partial charge is 0.399 e. The molecule has 0 saturated heterocycles. The van der Waals surface area contributed by atoms with Crippen LogP contribution in [-0.4, -0.2) is 6.04 Å². The number of rotatable bonds is 2. The zero-order chi connectivity index (χ0) is 9.14. The van der Waals surface area contributed by atoms with E-state index in [9.17, 15) is 0 Å². The molecule has 0 aliphatic carbocycles. The highest BCUT2D eigenvalue weighted by Gasteiger charge is 1.99. The van der Waals surface area contributed by atoms with E-state index in [-0.39, 0.29) is 6.04 Å². The normalized spacial score (nSPS) is 12.9. The third-order valence-corrected chi connectivity index (χ3v) is 1.89. The molecule has 0 bridgehead atoms. The molecule has 0 aromatic heterocycles. The molecule has 0 saturated carbocycles. The van der Waals surface area contributed by atoms with E-state index < -0.39 is 0 Å². The van der Waals surface area contributed by atoms with Crippen LogP contribution in [0.25, 0.3) is 0 Å². The minimum Gasteiger partial charge on any atom is -0.399 e. The number of benzene rings is 1. The molecular weight excluding hydrogens is 148 g/mol. The van der Waals surface area contributed by atoms with Crippen LogP contribution in [0, 0.1) is 6.92 Å². The van der Waals surface area contributed by atoms with Crippen LogP contribution in [0.3, 0.4) is 0 Å². The number of hydrogen-bond donors (Lipinski definition) is 2. The summed E-state index contributed by atoms with van der Waals surface area (Å²) in [6.45, 7) is 4.02. The van der Waals surface area contributed by atoms with Gasteiger partial charge in [-0.05, 0) is 37.5 Å². The Morgan fingerprint density at radius 3 is 2.58 bits per heavy atom. The fraction of sp³-hybridized carbons (Fsp3) is 0.400. The molecule has 1 aromatic carbocycles. The quantitative estimate of drug-likeness (QED) is 0.650. The summed E-state index contributed by atoms with van der Waals surface area (Å²) >= 11 is 0. The van der Waals surface area contributed by atoms with E-state index in [1.807, 2.05) is 26.0 Å². The van der Waals surface area contributed by atoms with Crippen LogP contribution in [0.4, 0.5) is 5.69 Å². The maximum absolute atomic E-state index is 5.69. The van der Waals surface area contributed by atoms with Gasteiger partial charge in [0, 0.05) is 11.7 Å². The van der Waals surface area contributed by atoms with Gasteiger partial charge >= 0.3 is 0 Å². The van der Waals surface area contributed by atoms with E-state index in [2.05, 4.69) is 6.07 Å². The molecule has 1 atom stereocenters. The fourth-order valence-corrected chi connectivity index (χ4v) is 1.24. The Morgan fingerprint density at radius 1 is 1.42 bits per heavy atom. The average molecular weight is 164 g/mol. The third kappa shape index (κ3) is 2.24. The van der Waals surface area contributed by atoms with E-state index in [0.29, 0.717) is 0 Å². The molecule has 2 heteroatoms. The monoisotopic (exact) mass is 164 g/mol. The van der Waals surface area contributed by atoms with E-state index in [4.69, 9.17) is 11.5 Å². The summed E-state index contributed by atoms with van der Waals surface area (Å²) in [5, 5.41) is 0. The van der Waals surface area contributed by atoms with Crippen LogP contribution in [0.1, 0.15) is 18.1 Å². The second-order valence-electron chi connectivity index (χ2n) is 3.37. The van der Waals surface area contributed by atoms with Crippen LogP contribution < -0.4 is 11.5 Å². The molecule has 12 heavy (non-hydrogen) atoms. The topological polar surface area (TPSA) is 52.0 Å². The van der Waals surface area contributed by atoms with Crippen molar-refractivity contribution in [3.8, 4) is 0 Å². The molecule has 0 radical (unpaired) electrons. The highest BCUT2D eigenvalue weighted by atomic mass is 14.6. The SMILES string of the molecule is Cc1cc(CC(C)N)ccc1N. The van der Waals surface area contributed by atoms with Gasteiger partial charge in [0.1, 0.15) is 0 Å². The zero-order valence-corrected chi connectivity index (χ0v) is 7.67. The Balaban J connectivity index is 2.82. The van der Waals surface area contributed by atoms with Crippen LogP contribution in [0.5, 0.6) is 0 Å². The number of nitrogen functional groups attached to an aromatic ring is 1. The lowest BCUT2D eigenvalue weighted by molar-refractivity contribution is 0.738. The second kappa shape index (κ2) is 3.59. The Hall–Kier alpha value is -1.02. The summed E-state index contributed by atoms with van der Waals surface area (Å²) in [6, 6.07) is 6.28. The molecule has 0 fully saturated rings. The van der Waals surface area contributed by atoms with Crippen molar-refractivity contribution in [2.24, 2.45) is 5.73 Å². The van der Waals surface area contributed by atoms with Crippen molar-refractivity contribution < 1.29 is 0 Å². The number of aryl methyl sites for hydroxylation is 1. The van der Waals surface area contributed by atoms with Crippen molar-refractivity contribution in [3.63, 3.8) is 0 Å². The standard InChI is InChI=1S/C10H16N2/c1-7-5-9(6-8(2)11)3-4-10(7)12/h3-5,8H,6,11-12H2,1-2H3. The summed E-state index contributed by atoms with van der Waals surface area (Å²) in [7, 11) is 0. The van der Waals surface area contributed by atoms with E-state index in [1.165, 1.54) is 5.56 Å². The lowest BCUT2D eigenvalue weighted by atomic mass is 10.0. The maximum atomic E-state index is 5.69. The molecule has 0 aliphatic heterocycles. The highest BCUT2D eigenvalue weighted by molar-refractivity contribution is 5.47. The van der Waals surface area contributed by atoms with Crippen molar-refractivity contribution in [2.75, 3.05) is 5.73 Å². The fourth-order valence-electron chi connectivity index (χ4n) is 1.24. The number of nitrogens with two attached hydrogens (primary N) is 2. The van der Waals surface area contributed by atoms with Crippen molar-refractivity contribution in [2.45, 2.75) is 26.3 Å². The first-order valence-electron chi connectivity index (χ1n) is 4.20. The summed E-state index contributed by atoms with van der Waals surface area (Å²) in [5.74, 6) is 0. The Morgan fingerprint density at radius 2 is 2.08 bits per heavy atom. The van der Waals surface area contributed by atoms with Gasteiger partial charge in [0.25, 0.3) is 0 Å². The van der Waals surface area contributed by atoms with Gasteiger partial charge in [-0.15, -0.1) is 0 Å². The molecule has 1 unspecified atom stereocenters. The van der Waals surface area contributed by atoms with Gasteiger partial charge in [0.05, 0.1) is 0 Å². The molecule has 4 N–H and O–H groups in total. The van der Waals surface area contributed by atoms with Gasteiger partial charge in [0.2, 0.25) is 0 Å². The van der Waals surface area contributed by atoms with Crippen molar-refractivity contribution in [1.29, 1.82) is 0 Å². The minimum atomic E-state index is 0.216. The molecule has 2 nitrogen and oxygen atoms in total. The Kier molecular flexibility index (Phi) is 2.71. The van der Waals surface area contributed by atoms with Crippen molar-refractivity contribution in [1.82, 2.24) is 0 Å². The molecule has 0 heterocycles. The zero-order valence-electron chi connectivity index (χ0n) is 7.67. The molecule has 0 spiro atoms. The van der Waals surface area contributed by atoms with Crippen LogP contribution >= 0.6 is 0 Å². The smallest absolute Gasteiger partial charge is 0.0343 e. The summed E-state index contributed by atoms with van der Waals surface area (Å²) in [6.07, 6.45) is 0.918. The van der Waals surface area contributed by atoms with Crippen LogP contribution in [0.15, 0.2) is 18.2 Å². The second-order valence-corrected chi connectivity index (χ2v) is 3.37. The predicted octanol–water partition coefficient (Wildman–Crippen LogP) is 1.47. The highest BCUT2D eigenvalue weighted by Crippen LogP contribution is 2.13. The summed E-state index contributed by atoms with van der Waals surface area (Å²) < 4.78 is 0. The molecule has 1 aromatic rings. The van der Waals surface area contributed by atoms with E-state index in [1.54, 1.807) is 0 Å². The lowest BCUT2D eigenvalue weighted by Gasteiger charge is -2.07. The van der Waals surface area contributed by atoms with Crippen LogP contribution in [-0.2, 0) is 6.42 Å². The van der Waals surface area contributed by atoms with Gasteiger partial charge in [-0.3, -0.25) is 0 Å². The van der Waals surface area contributed by atoms with Gasteiger partial charge in [-0.1, -0.05) is 12.1 Å². The average Bonchev–Trinajstić information content (AvgIpc) is 1.96. The summed E-state index contributed by atoms with van der Waals surface area (Å²) in [5.41, 5.74) is 14.6. The van der Waals surface area contributed by atoms with Gasteiger partial charge in [-0.25, -0.2) is 0 Å². The van der Waals surface area contributed by atoms with E-state index >= 15 is 0 Å². The van der Waals surface area contributed by atoms with E-state index in [0.717, 1.165) is 17.7 Å². The first-order valence-corrected chi connectivity index (χ1v) is 4.20. The van der Waals surface area contributed by atoms with Crippen LogP contribution in [0.2, 0.25) is 0 Å². The molecular formula is C10H16N2. The van der Waals surface area contributed by atoms with Gasteiger partial charge < -0.3 is 11.5 Å². The lowest BCUT2D eigenvalue weighted by Crippen LogP contribution is -2.17. The Labute approximate surface area is 73.6 Å². The molecule has 0 aliphatic rings. The predicted molar refractivity (Wildman–Crippen MR) is 52.9 cm³/mol. The van der Waals surface area contributed by atoms with Gasteiger partial charge in [0.15, 0.2) is 0 Å². The molecule has 66 valence electrons. The first-order chi connectivity index (χ1) is 5.59. The first kappa shape index (κ1) is 9.07.